The van der Waals surface area contributed by atoms with Crippen LogP contribution >= 0.6 is 0 Å². The monoisotopic (exact) mass is 368 g/mol. The molecule has 0 fully saturated rings. The normalized spacial score (nSPS) is 11.8. The van der Waals surface area contributed by atoms with E-state index in [1.807, 2.05) is 0 Å². The Balaban J connectivity index is 3.16. The number of Topliss-reactive ketones (excluding diaryl/α,β-unsaturated/α-hetero) is 1. The van der Waals surface area contributed by atoms with Crippen molar-refractivity contribution in [1.82, 2.24) is 0 Å². The third-order valence-electron chi connectivity index (χ3n) is 5.34. The molecule has 0 aliphatic carbocycles. The highest BCUT2D eigenvalue weighted by Gasteiger charge is 2.08. The van der Waals surface area contributed by atoms with Crippen LogP contribution in [-0.4, -0.2) is 38.0 Å². The number of carbonyl (C=O) groups is 1. The van der Waals surface area contributed by atoms with Gasteiger partial charge in [-0.2, -0.15) is 0 Å². The maximum Gasteiger partial charge on any atom is 0.133 e. The smallest absolute Gasteiger partial charge is 0.133 e. The third-order valence-corrected chi connectivity index (χ3v) is 5.34. The Morgan fingerprint density at radius 3 is 1.27 bits per heavy atom. The molecular formula is C24H50NO+. The lowest BCUT2D eigenvalue weighted by Crippen LogP contribution is -2.35. The Hall–Kier alpha value is -0.370. The second kappa shape index (κ2) is 18.0. The standard InChI is InChI=1S/C24H50NO/c1-5-6-7-8-9-10-11-12-13-14-15-16-17-18-19-21-24(26)22-20-23-25(2,3)4/h5-23H2,1-4H3/q+1. The topological polar surface area (TPSA) is 17.1 Å². The van der Waals surface area contributed by atoms with Crippen LogP contribution in [0.3, 0.4) is 0 Å². The van der Waals surface area contributed by atoms with Crippen molar-refractivity contribution in [1.29, 1.82) is 0 Å². The van der Waals surface area contributed by atoms with Crippen LogP contribution in [0.1, 0.15) is 122 Å². The molecule has 0 bridgehead atoms. The summed E-state index contributed by atoms with van der Waals surface area (Å²) in [7, 11) is 6.58. The summed E-state index contributed by atoms with van der Waals surface area (Å²) in [5, 5.41) is 0. The van der Waals surface area contributed by atoms with Crippen LogP contribution in [0.15, 0.2) is 0 Å². The van der Waals surface area contributed by atoms with E-state index in [1.165, 1.54) is 89.9 Å². The van der Waals surface area contributed by atoms with Crippen LogP contribution in [0.25, 0.3) is 0 Å². The minimum absolute atomic E-state index is 0.480. The molecule has 0 aromatic heterocycles. The predicted octanol–water partition coefficient (Wildman–Crippen LogP) is 7.30. The Morgan fingerprint density at radius 2 is 0.885 bits per heavy atom. The molecule has 0 amide bonds. The molecule has 26 heavy (non-hydrogen) atoms. The Morgan fingerprint density at radius 1 is 0.538 bits per heavy atom. The largest absolute Gasteiger partial charge is 0.331 e. The van der Waals surface area contributed by atoms with Gasteiger partial charge in [-0.1, -0.05) is 96.8 Å². The molecule has 0 saturated carbocycles. The summed E-state index contributed by atoms with van der Waals surface area (Å²) in [5.41, 5.74) is 0. The van der Waals surface area contributed by atoms with Crippen LogP contribution in [0.4, 0.5) is 0 Å². The first-order valence-corrected chi connectivity index (χ1v) is 11.8. The fourth-order valence-electron chi connectivity index (χ4n) is 3.57. The fourth-order valence-corrected chi connectivity index (χ4v) is 3.57. The van der Waals surface area contributed by atoms with Gasteiger partial charge >= 0.3 is 0 Å². The van der Waals surface area contributed by atoms with Crippen LogP contribution in [-0.2, 0) is 4.79 Å². The molecule has 0 aliphatic rings. The van der Waals surface area contributed by atoms with Gasteiger partial charge in [0.15, 0.2) is 0 Å². The first kappa shape index (κ1) is 25.6. The Labute approximate surface area is 165 Å². The van der Waals surface area contributed by atoms with Crippen molar-refractivity contribution in [3.8, 4) is 0 Å². The fraction of sp³-hybridized carbons (Fsp3) is 0.958. The second-order valence-corrected chi connectivity index (χ2v) is 9.36. The number of hydrogen-bond acceptors (Lipinski definition) is 1. The van der Waals surface area contributed by atoms with Crippen LogP contribution in [0.5, 0.6) is 0 Å². The van der Waals surface area contributed by atoms with Crippen LogP contribution < -0.4 is 0 Å². The van der Waals surface area contributed by atoms with Gasteiger partial charge in [-0.15, -0.1) is 0 Å². The van der Waals surface area contributed by atoms with Gasteiger partial charge in [0.25, 0.3) is 0 Å². The predicted molar refractivity (Wildman–Crippen MR) is 117 cm³/mol. The van der Waals surface area contributed by atoms with Gasteiger partial charge in [0, 0.05) is 19.3 Å². The minimum atomic E-state index is 0.480. The van der Waals surface area contributed by atoms with E-state index in [4.69, 9.17) is 0 Å². The summed E-state index contributed by atoms with van der Waals surface area (Å²) >= 11 is 0. The maximum absolute atomic E-state index is 11.9. The first-order valence-electron chi connectivity index (χ1n) is 11.8. The number of nitrogens with zero attached hydrogens (tertiary/aromatic N) is 1. The summed E-state index contributed by atoms with van der Waals surface area (Å²) in [5.74, 6) is 0.480. The molecule has 0 aromatic rings. The summed E-state index contributed by atoms with van der Waals surface area (Å²) in [4.78, 5) is 11.9. The molecule has 2 nitrogen and oxygen atoms in total. The zero-order chi connectivity index (χ0) is 19.5. The van der Waals surface area contributed by atoms with Gasteiger partial charge in [0.05, 0.1) is 27.7 Å². The van der Waals surface area contributed by atoms with Gasteiger partial charge in [0.2, 0.25) is 0 Å². The van der Waals surface area contributed by atoms with Crippen molar-refractivity contribution >= 4 is 5.78 Å². The molecule has 0 atom stereocenters. The van der Waals surface area contributed by atoms with E-state index in [9.17, 15) is 4.79 Å². The number of quaternary nitrogens is 1. The molecule has 0 heterocycles. The zero-order valence-corrected chi connectivity index (χ0v) is 18.8. The number of rotatable bonds is 20. The lowest BCUT2D eigenvalue weighted by atomic mass is 10.0. The average molecular weight is 369 g/mol. The third kappa shape index (κ3) is 21.7. The van der Waals surface area contributed by atoms with Gasteiger partial charge in [0.1, 0.15) is 5.78 Å². The summed E-state index contributed by atoms with van der Waals surface area (Å²) in [6.07, 6.45) is 23.4. The van der Waals surface area contributed by atoms with E-state index >= 15 is 0 Å². The maximum atomic E-state index is 11.9. The van der Waals surface area contributed by atoms with E-state index in [0.717, 1.165) is 36.7 Å². The number of carbonyl (C=O) groups excluding carboxylic acids is 1. The SMILES string of the molecule is CCCCCCCCCCCCCCCCCC(=O)CCC[N+](C)(C)C. The van der Waals surface area contributed by atoms with E-state index in [1.54, 1.807) is 0 Å². The molecule has 0 radical (unpaired) electrons. The molecule has 156 valence electrons. The highest BCUT2D eigenvalue weighted by Crippen LogP contribution is 2.14. The van der Waals surface area contributed by atoms with Crippen molar-refractivity contribution in [2.45, 2.75) is 122 Å². The molecular weight excluding hydrogens is 318 g/mol. The van der Waals surface area contributed by atoms with Gasteiger partial charge in [-0.3, -0.25) is 4.79 Å². The highest BCUT2D eigenvalue weighted by molar-refractivity contribution is 5.78. The minimum Gasteiger partial charge on any atom is -0.331 e. The highest BCUT2D eigenvalue weighted by atomic mass is 16.1. The summed E-state index contributed by atoms with van der Waals surface area (Å²) in [6.45, 7) is 3.39. The molecule has 0 spiro atoms. The van der Waals surface area contributed by atoms with Gasteiger partial charge in [-0.05, 0) is 6.42 Å². The number of ketones is 1. The average Bonchev–Trinajstić information content (AvgIpc) is 2.57. The van der Waals surface area contributed by atoms with Crippen molar-refractivity contribution in [3.63, 3.8) is 0 Å². The van der Waals surface area contributed by atoms with Crippen molar-refractivity contribution < 1.29 is 9.28 Å². The van der Waals surface area contributed by atoms with Crippen LogP contribution in [0, 0.1) is 0 Å². The van der Waals surface area contributed by atoms with E-state index in [0.29, 0.717) is 5.78 Å². The Bertz CT molecular complexity index is 306. The van der Waals surface area contributed by atoms with Crippen molar-refractivity contribution in [2.24, 2.45) is 0 Å². The van der Waals surface area contributed by atoms with Gasteiger partial charge in [-0.25, -0.2) is 0 Å². The van der Waals surface area contributed by atoms with E-state index in [-0.39, 0.29) is 0 Å². The van der Waals surface area contributed by atoms with Crippen LogP contribution in [0.2, 0.25) is 0 Å². The molecule has 0 saturated heterocycles. The number of unbranched alkanes of at least 4 members (excludes halogenated alkanes) is 14. The lowest BCUT2D eigenvalue weighted by Gasteiger charge is -2.23. The quantitative estimate of drug-likeness (QED) is 0.163. The van der Waals surface area contributed by atoms with Crippen molar-refractivity contribution in [3.05, 3.63) is 0 Å². The van der Waals surface area contributed by atoms with Crippen molar-refractivity contribution in [2.75, 3.05) is 27.7 Å². The second-order valence-electron chi connectivity index (χ2n) is 9.36. The molecule has 2 heteroatoms. The molecule has 0 unspecified atom stereocenters. The Kier molecular flexibility index (Phi) is 17.8. The van der Waals surface area contributed by atoms with Gasteiger partial charge < -0.3 is 4.48 Å². The molecule has 0 aliphatic heterocycles. The van der Waals surface area contributed by atoms with E-state index in [2.05, 4.69) is 28.1 Å². The number of hydrogen-bond donors (Lipinski definition) is 0. The lowest BCUT2D eigenvalue weighted by molar-refractivity contribution is -0.870. The first-order chi connectivity index (χ1) is 12.5. The molecule has 0 aromatic carbocycles. The van der Waals surface area contributed by atoms with E-state index < -0.39 is 0 Å². The zero-order valence-electron chi connectivity index (χ0n) is 18.8. The molecule has 0 N–H and O–H groups in total. The summed E-state index contributed by atoms with van der Waals surface area (Å²) in [6, 6.07) is 0. The molecule has 0 rings (SSSR count). The summed E-state index contributed by atoms with van der Waals surface area (Å²) < 4.78 is 0.965.